The van der Waals surface area contributed by atoms with E-state index < -0.39 is 114 Å². The zero-order valence-electron chi connectivity index (χ0n) is 44.7. The zero-order valence-corrected chi connectivity index (χ0v) is 44.7. The number of aliphatic hydroxyl groups excluding tert-OH is 1. The number of hydrogen-bond donors (Lipinski definition) is 7. The van der Waals surface area contributed by atoms with Crippen LogP contribution in [0.5, 0.6) is 5.75 Å². The molecule has 1 aliphatic rings. The molecule has 0 aromatic heterocycles. The summed E-state index contributed by atoms with van der Waals surface area (Å²) in [5, 5.41) is 32.4. The molecule has 0 saturated carbocycles. The molecule has 414 valence electrons. The van der Waals surface area contributed by atoms with Crippen molar-refractivity contribution in [1.82, 2.24) is 36.0 Å². The van der Waals surface area contributed by atoms with E-state index in [-0.39, 0.29) is 56.9 Å². The van der Waals surface area contributed by atoms with Crippen LogP contribution in [0.25, 0.3) is 0 Å². The van der Waals surface area contributed by atoms with Gasteiger partial charge in [-0.05, 0) is 79.7 Å². The van der Waals surface area contributed by atoms with Gasteiger partial charge in [0.05, 0.1) is 25.7 Å². The Balaban J connectivity index is 1.51. The van der Waals surface area contributed by atoms with Gasteiger partial charge < -0.3 is 61.4 Å². The number of primary amides is 1. The fourth-order valence-electron chi connectivity index (χ4n) is 8.96. The first-order chi connectivity index (χ1) is 36.0. The lowest BCUT2D eigenvalue weighted by Crippen LogP contribution is -2.58. The number of phenols is 1. The lowest BCUT2D eigenvalue weighted by Gasteiger charge is -2.34. The lowest BCUT2D eigenvalue weighted by atomic mass is 9.97. The quantitative estimate of drug-likeness (QED) is 0.0541. The smallest absolute Gasteiger partial charge is 0.408 e. The molecule has 3 aromatic rings. The second-order valence-corrected chi connectivity index (χ2v) is 20.0. The number of aliphatic hydroxyl groups is 1. The topological polar surface area (TPSA) is 296 Å². The van der Waals surface area contributed by atoms with E-state index in [2.05, 4.69) is 21.3 Å². The van der Waals surface area contributed by atoms with Crippen molar-refractivity contribution >= 4 is 53.4 Å². The number of likely N-dealkylation sites (N-methyl/N-ethyl adjacent to an activating group) is 2. The maximum absolute atomic E-state index is 14.4. The Bertz CT molecular complexity index is 2440. The Labute approximate surface area is 444 Å². The Morgan fingerprint density at radius 3 is 1.91 bits per heavy atom. The minimum atomic E-state index is -1.58. The molecular weight excluding hydrogens is 981 g/mol. The van der Waals surface area contributed by atoms with Gasteiger partial charge in [0.15, 0.2) is 0 Å². The van der Waals surface area contributed by atoms with Crippen LogP contribution in [0, 0.1) is 11.8 Å². The maximum Gasteiger partial charge on any atom is 0.408 e. The zero-order chi connectivity index (χ0) is 56.2. The lowest BCUT2D eigenvalue weighted by molar-refractivity contribution is -0.154. The van der Waals surface area contributed by atoms with Gasteiger partial charge in [-0.3, -0.25) is 33.6 Å². The summed E-state index contributed by atoms with van der Waals surface area (Å²) in [6.07, 6.45) is -2.56. The minimum Gasteiger partial charge on any atom is -0.508 e. The Morgan fingerprint density at radius 2 is 1.33 bits per heavy atom. The van der Waals surface area contributed by atoms with E-state index in [1.165, 1.54) is 50.1 Å². The van der Waals surface area contributed by atoms with E-state index in [1.807, 2.05) is 19.9 Å². The number of alkyl carbamates (subject to hydrolysis) is 1. The van der Waals surface area contributed by atoms with E-state index in [4.69, 9.17) is 15.2 Å². The number of methoxy groups -OCH3 is 1. The van der Waals surface area contributed by atoms with Gasteiger partial charge in [0.1, 0.15) is 48.6 Å². The van der Waals surface area contributed by atoms with Gasteiger partial charge in [-0.2, -0.15) is 0 Å². The number of likely N-dealkylation sites (tertiary alicyclic amines) is 1. The van der Waals surface area contributed by atoms with Crippen molar-refractivity contribution in [2.75, 3.05) is 27.7 Å². The number of carbonyl (C=O) groups is 9. The molecule has 8 atom stereocenters. The molecule has 8 N–H and O–H groups in total. The van der Waals surface area contributed by atoms with Crippen LogP contribution in [0.1, 0.15) is 89.8 Å². The highest BCUT2D eigenvalue weighted by Crippen LogP contribution is 2.24. The molecule has 0 radical (unpaired) electrons. The molecule has 0 unspecified atom stereocenters. The number of hydrogen-bond acceptors (Lipinski definition) is 13. The molecule has 4 rings (SSSR count). The number of esters is 1. The van der Waals surface area contributed by atoms with E-state index >= 15 is 0 Å². The average Bonchev–Trinajstić information content (AvgIpc) is 3.89. The predicted octanol–water partition coefficient (Wildman–Crippen LogP) is 2.48. The molecule has 8 amide bonds. The predicted molar refractivity (Wildman–Crippen MR) is 280 cm³/mol. The van der Waals surface area contributed by atoms with Gasteiger partial charge in [0, 0.05) is 33.5 Å². The Morgan fingerprint density at radius 1 is 0.737 bits per heavy atom. The summed E-state index contributed by atoms with van der Waals surface area (Å²) in [7, 11) is 3.99. The first kappa shape index (κ1) is 61.0. The van der Waals surface area contributed by atoms with Crippen LogP contribution in [0.2, 0.25) is 0 Å². The molecule has 3 aromatic carbocycles. The molecule has 1 saturated heterocycles. The van der Waals surface area contributed by atoms with Crippen LogP contribution >= 0.6 is 0 Å². The Hall–Kier alpha value is -7.55. The highest BCUT2D eigenvalue weighted by molar-refractivity contribution is 5.96. The van der Waals surface area contributed by atoms with Crippen LogP contribution in [0.4, 0.5) is 4.79 Å². The monoisotopic (exact) mass is 1060 g/mol. The summed E-state index contributed by atoms with van der Waals surface area (Å²) in [4.78, 5) is 126. The first-order valence-electron chi connectivity index (χ1n) is 25.6. The van der Waals surface area contributed by atoms with Crippen molar-refractivity contribution in [3.63, 3.8) is 0 Å². The minimum absolute atomic E-state index is 0.00101. The summed E-state index contributed by atoms with van der Waals surface area (Å²) in [5.74, 6) is -6.09. The summed E-state index contributed by atoms with van der Waals surface area (Å²) >= 11 is 0. The first-order valence-corrected chi connectivity index (χ1v) is 25.6. The van der Waals surface area contributed by atoms with Gasteiger partial charge in [-0.15, -0.1) is 0 Å². The third kappa shape index (κ3) is 18.4. The number of phenolic OH excluding ortho intramolecular Hbond substituents is 1. The molecule has 0 spiro atoms. The van der Waals surface area contributed by atoms with Gasteiger partial charge in [-0.25, -0.2) is 9.59 Å². The van der Waals surface area contributed by atoms with E-state index in [1.54, 1.807) is 80.6 Å². The summed E-state index contributed by atoms with van der Waals surface area (Å²) in [5.41, 5.74) is 7.50. The molecule has 21 heteroatoms. The second kappa shape index (κ2) is 29.5. The maximum atomic E-state index is 14.4. The molecule has 76 heavy (non-hydrogen) atoms. The molecule has 1 fully saturated rings. The number of nitrogens with one attached hydrogen (secondary N) is 4. The molecule has 0 aliphatic carbocycles. The highest BCUT2D eigenvalue weighted by Gasteiger charge is 2.41. The largest absolute Gasteiger partial charge is 0.508 e. The normalized spacial score (nSPS) is 15.9. The third-order valence-electron chi connectivity index (χ3n) is 13.2. The number of nitrogens with zero attached hydrogens (tertiary/aromatic N) is 3. The fraction of sp³-hybridized carbons (Fsp3) is 0.509. The SMILES string of the molecule is COC(=O)[C@@H]1CCCN1C(=O)[C@@H](Cc1ccc(O)cc1)N(C)C(=O)[C@H](C)NC(=O)[C@H](CC(C)C)NC(=O)C[C@H](O)[C@H](Cc1ccccc1)NC(=O)[C@H](CCC(N)=O)N(C)C(=O)[C@@H](NC(=O)OCc1ccccc1)C(C)C. The molecule has 1 heterocycles. The van der Waals surface area contributed by atoms with E-state index in [0.29, 0.717) is 24.0 Å². The molecule has 21 nitrogen and oxygen atoms in total. The standard InChI is InChI=1S/C55H76N8O13/c1-33(2)28-41(49(68)57-35(5)51(70)62(7)44(30-37-21-23-39(64)24-22-37)52(71)63-27-15-20-43(63)54(73)75-8)58-47(67)31-45(65)40(29-36-16-11-9-12-17-36)59-50(69)42(25-26-46(56)66)61(6)53(72)48(34(3)4)60-55(74)76-32-38-18-13-10-14-19-38/h9-14,16-19,21-24,33-35,40-45,48,64-65H,15,20,25-32H2,1-8H3,(H2,56,66)(H,57,68)(H,58,67)(H,59,69)(H,60,74)/t35-,40-,41-,42-,43-,44+,45-,48-/m0/s1. The molecular formula is C55H76N8O13. The van der Waals surface area contributed by atoms with Crippen LogP contribution < -0.4 is 27.0 Å². The second-order valence-electron chi connectivity index (χ2n) is 20.0. The number of carbonyl (C=O) groups excluding carboxylic acids is 9. The van der Waals surface area contributed by atoms with Gasteiger partial charge in [-0.1, -0.05) is 100 Å². The highest BCUT2D eigenvalue weighted by atomic mass is 16.5. The van der Waals surface area contributed by atoms with Crippen LogP contribution in [0.3, 0.4) is 0 Å². The number of rotatable bonds is 27. The fourth-order valence-corrected chi connectivity index (χ4v) is 8.96. The van der Waals surface area contributed by atoms with Crippen molar-refractivity contribution in [3.8, 4) is 5.75 Å². The van der Waals surface area contributed by atoms with E-state index in [0.717, 1.165) is 10.5 Å². The summed E-state index contributed by atoms with van der Waals surface area (Å²) in [6, 6.07) is 15.7. The van der Waals surface area contributed by atoms with Crippen LogP contribution in [-0.2, 0) is 67.3 Å². The summed E-state index contributed by atoms with van der Waals surface area (Å²) in [6.45, 7) is 8.66. The van der Waals surface area contributed by atoms with Gasteiger partial charge in [0.25, 0.3) is 0 Å². The average molecular weight is 1060 g/mol. The van der Waals surface area contributed by atoms with Crippen LogP contribution in [-0.4, -0.2) is 154 Å². The van der Waals surface area contributed by atoms with Gasteiger partial charge >= 0.3 is 12.1 Å². The number of amides is 8. The molecule has 1 aliphatic heterocycles. The van der Waals surface area contributed by atoms with Crippen molar-refractivity contribution < 1.29 is 62.8 Å². The third-order valence-corrected chi connectivity index (χ3v) is 13.2. The summed E-state index contributed by atoms with van der Waals surface area (Å²) < 4.78 is 10.3. The Kier molecular flexibility index (Phi) is 23.7. The van der Waals surface area contributed by atoms with Gasteiger partial charge in [0.2, 0.25) is 41.4 Å². The van der Waals surface area contributed by atoms with Crippen molar-refractivity contribution in [2.45, 2.75) is 141 Å². The number of aromatic hydroxyl groups is 1. The number of benzene rings is 3. The van der Waals surface area contributed by atoms with Crippen molar-refractivity contribution in [1.29, 1.82) is 0 Å². The number of ether oxygens (including phenoxy) is 2. The van der Waals surface area contributed by atoms with Crippen molar-refractivity contribution in [2.24, 2.45) is 17.6 Å². The van der Waals surface area contributed by atoms with E-state index in [9.17, 15) is 53.4 Å². The van der Waals surface area contributed by atoms with Crippen molar-refractivity contribution in [3.05, 3.63) is 102 Å². The van der Waals surface area contributed by atoms with Crippen LogP contribution in [0.15, 0.2) is 84.9 Å². The molecule has 0 bridgehead atoms. The number of nitrogens with two attached hydrogens (primary N) is 1.